The number of aryl methyl sites for hydroxylation is 2. The molecule has 106 valence electrons. The van der Waals surface area contributed by atoms with Gasteiger partial charge in [-0.05, 0) is 56.2 Å². The van der Waals surface area contributed by atoms with Crippen molar-refractivity contribution in [2.45, 2.75) is 20.8 Å². The van der Waals surface area contributed by atoms with Gasteiger partial charge in [0.05, 0.1) is 13.7 Å². The van der Waals surface area contributed by atoms with Gasteiger partial charge < -0.3 is 13.9 Å². The van der Waals surface area contributed by atoms with E-state index in [1.807, 2.05) is 26.0 Å². The molecule has 4 nitrogen and oxygen atoms in total. The van der Waals surface area contributed by atoms with Crippen LogP contribution in [-0.2, 0) is 4.74 Å². The van der Waals surface area contributed by atoms with Gasteiger partial charge in [-0.1, -0.05) is 0 Å². The molecule has 4 heteroatoms. The summed E-state index contributed by atoms with van der Waals surface area (Å²) in [6.45, 7) is 6.04. The van der Waals surface area contributed by atoms with E-state index in [1.54, 1.807) is 26.2 Å². The van der Waals surface area contributed by atoms with Crippen molar-refractivity contribution in [3.63, 3.8) is 0 Å². The first-order valence-electron chi connectivity index (χ1n) is 6.49. The van der Waals surface area contributed by atoms with Gasteiger partial charge in [-0.2, -0.15) is 0 Å². The second-order valence-corrected chi connectivity index (χ2v) is 4.53. The van der Waals surface area contributed by atoms with Crippen molar-refractivity contribution in [3.8, 4) is 17.1 Å². The highest BCUT2D eigenvalue weighted by Crippen LogP contribution is 2.30. The third-order valence-electron chi connectivity index (χ3n) is 3.03. The van der Waals surface area contributed by atoms with Crippen molar-refractivity contribution >= 4 is 5.97 Å². The molecule has 1 aromatic heterocycles. The number of esters is 1. The predicted octanol–water partition coefficient (Wildman–Crippen LogP) is 3.75. The summed E-state index contributed by atoms with van der Waals surface area (Å²) in [4.78, 5) is 11.6. The van der Waals surface area contributed by atoms with Gasteiger partial charge in [-0.25, -0.2) is 4.79 Å². The summed E-state index contributed by atoms with van der Waals surface area (Å²) in [5.74, 6) is 1.28. The Hall–Kier alpha value is -2.23. The quantitative estimate of drug-likeness (QED) is 0.797. The molecule has 0 radical (unpaired) electrons. The molecule has 0 amide bonds. The molecule has 0 atom stereocenters. The molecule has 0 spiro atoms. The lowest BCUT2D eigenvalue weighted by Gasteiger charge is -2.10. The van der Waals surface area contributed by atoms with Gasteiger partial charge in [0.15, 0.2) is 0 Å². The van der Waals surface area contributed by atoms with Crippen molar-refractivity contribution in [2.24, 2.45) is 0 Å². The smallest absolute Gasteiger partial charge is 0.374 e. The Kier molecular flexibility index (Phi) is 4.13. The minimum Gasteiger partial charge on any atom is -0.496 e. The van der Waals surface area contributed by atoms with E-state index in [1.165, 1.54) is 0 Å². The van der Waals surface area contributed by atoms with E-state index >= 15 is 0 Å². The average Bonchev–Trinajstić information content (AvgIpc) is 2.88. The fraction of sp³-hybridized carbons (Fsp3) is 0.312. The van der Waals surface area contributed by atoms with Crippen LogP contribution >= 0.6 is 0 Å². The van der Waals surface area contributed by atoms with Crippen LogP contribution in [0.2, 0.25) is 0 Å². The topological polar surface area (TPSA) is 48.7 Å². The maximum absolute atomic E-state index is 11.6. The number of methoxy groups -OCH3 is 1. The average molecular weight is 274 g/mol. The molecular formula is C16H18O4. The normalized spacial score (nSPS) is 10.4. The molecule has 0 fully saturated rings. The van der Waals surface area contributed by atoms with E-state index in [0.29, 0.717) is 12.4 Å². The van der Waals surface area contributed by atoms with Crippen LogP contribution < -0.4 is 4.74 Å². The van der Waals surface area contributed by atoms with E-state index in [0.717, 1.165) is 22.4 Å². The number of hydrogen-bond donors (Lipinski definition) is 0. The second-order valence-electron chi connectivity index (χ2n) is 4.53. The zero-order chi connectivity index (χ0) is 14.7. The lowest BCUT2D eigenvalue weighted by atomic mass is 10.0. The predicted molar refractivity (Wildman–Crippen MR) is 76.1 cm³/mol. The zero-order valence-corrected chi connectivity index (χ0v) is 12.1. The SMILES string of the molecule is CCOC(=O)c1ccc(-c2cc(C)c(OC)c(C)c2)o1. The van der Waals surface area contributed by atoms with Gasteiger partial charge in [0.2, 0.25) is 5.76 Å². The molecule has 1 aromatic carbocycles. The van der Waals surface area contributed by atoms with Crippen LogP contribution in [0.1, 0.15) is 28.6 Å². The molecule has 20 heavy (non-hydrogen) atoms. The van der Waals surface area contributed by atoms with Crippen LogP contribution in [0.15, 0.2) is 28.7 Å². The standard InChI is InChI=1S/C16H18O4/c1-5-19-16(17)14-7-6-13(20-14)12-8-10(2)15(18-4)11(3)9-12/h6-9H,5H2,1-4H3. The van der Waals surface area contributed by atoms with Crippen molar-refractivity contribution in [2.75, 3.05) is 13.7 Å². The monoisotopic (exact) mass is 274 g/mol. The maximum atomic E-state index is 11.6. The van der Waals surface area contributed by atoms with E-state index in [4.69, 9.17) is 13.9 Å². The highest BCUT2D eigenvalue weighted by atomic mass is 16.5. The van der Waals surface area contributed by atoms with Crippen molar-refractivity contribution < 1.29 is 18.7 Å². The fourth-order valence-corrected chi connectivity index (χ4v) is 2.22. The molecule has 2 rings (SSSR count). The third-order valence-corrected chi connectivity index (χ3v) is 3.03. The summed E-state index contributed by atoms with van der Waals surface area (Å²) in [6, 6.07) is 7.34. The van der Waals surface area contributed by atoms with Crippen LogP contribution in [0, 0.1) is 13.8 Å². The molecule has 1 heterocycles. The summed E-state index contributed by atoms with van der Waals surface area (Å²) >= 11 is 0. The number of hydrogen-bond acceptors (Lipinski definition) is 4. The Morgan fingerprint density at radius 1 is 1.20 bits per heavy atom. The number of ether oxygens (including phenoxy) is 2. The van der Waals surface area contributed by atoms with E-state index in [-0.39, 0.29) is 5.76 Å². The van der Waals surface area contributed by atoms with Gasteiger partial charge in [-0.15, -0.1) is 0 Å². The number of carbonyl (C=O) groups is 1. The lowest BCUT2D eigenvalue weighted by molar-refractivity contribution is 0.0491. The minimum absolute atomic E-state index is 0.216. The molecule has 0 unspecified atom stereocenters. The second kappa shape index (κ2) is 5.82. The summed E-state index contributed by atoms with van der Waals surface area (Å²) in [5, 5.41) is 0. The lowest BCUT2D eigenvalue weighted by Crippen LogP contribution is -2.02. The van der Waals surface area contributed by atoms with E-state index in [2.05, 4.69) is 0 Å². The Morgan fingerprint density at radius 3 is 2.40 bits per heavy atom. The van der Waals surface area contributed by atoms with Crippen molar-refractivity contribution in [1.82, 2.24) is 0 Å². The number of benzene rings is 1. The molecule has 0 bridgehead atoms. The summed E-state index contributed by atoms with van der Waals surface area (Å²) in [7, 11) is 1.65. The Balaban J connectivity index is 2.35. The van der Waals surface area contributed by atoms with Gasteiger partial charge >= 0.3 is 5.97 Å². The van der Waals surface area contributed by atoms with Crippen molar-refractivity contribution in [3.05, 3.63) is 41.2 Å². The van der Waals surface area contributed by atoms with Gasteiger partial charge in [-0.3, -0.25) is 0 Å². The van der Waals surface area contributed by atoms with Crippen LogP contribution in [0.25, 0.3) is 11.3 Å². The molecule has 0 N–H and O–H groups in total. The summed E-state index contributed by atoms with van der Waals surface area (Å²) in [5.41, 5.74) is 2.96. The van der Waals surface area contributed by atoms with Crippen LogP contribution in [-0.4, -0.2) is 19.7 Å². The van der Waals surface area contributed by atoms with Crippen LogP contribution in [0.4, 0.5) is 0 Å². The molecule has 0 saturated heterocycles. The molecule has 0 aliphatic rings. The van der Waals surface area contributed by atoms with Gasteiger partial charge in [0, 0.05) is 5.56 Å². The van der Waals surface area contributed by atoms with Crippen LogP contribution in [0.5, 0.6) is 5.75 Å². The molecule has 0 saturated carbocycles. The summed E-state index contributed by atoms with van der Waals surface area (Å²) < 4.78 is 15.8. The Morgan fingerprint density at radius 2 is 1.85 bits per heavy atom. The maximum Gasteiger partial charge on any atom is 0.374 e. The highest BCUT2D eigenvalue weighted by Gasteiger charge is 2.14. The van der Waals surface area contributed by atoms with Gasteiger partial charge in [0.25, 0.3) is 0 Å². The third kappa shape index (κ3) is 2.69. The molecule has 0 aliphatic heterocycles. The van der Waals surface area contributed by atoms with E-state index < -0.39 is 5.97 Å². The Labute approximate surface area is 118 Å². The number of furan rings is 1. The number of carbonyl (C=O) groups excluding carboxylic acids is 1. The largest absolute Gasteiger partial charge is 0.496 e. The highest BCUT2D eigenvalue weighted by molar-refractivity contribution is 5.87. The fourth-order valence-electron chi connectivity index (χ4n) is 2.22. The zero-order valence-electron chi connectivity index (χ0n) is 12.1. The molecule has 0 aliphatic carbocycles. The van der Waals surface area contributed by atoms with Crippen molar-refractivity contribution in [1.29, 1.82) is 0 Å². The van der Waals surface area contributed by atoms with Crippen LogP contribution in [0.3, 0.4) is 0 Å². The molecular weight excluding hydrogens is 256 g/mol. The minimum atomic E-state index is -0.444. The first-order valence-corrected chi connectivity index (χ1v) is 6.49. The Bertz CT molecular complexity index is 602. The molecule has 2 aromatic rings. The van der Waals surface area contributed by atoms with Gasteiger partial charge in [0.1, 0.15) is 11.5 Å². The first-order chi connectivity index (χ1) is 9.56. The number of rotatable bonds is 4. The summed E-state index contributed by atoms with van der Waals surface area (Å²) in [6.07, 6.45) is 0. The van der Waals surface area contributed by atoms with E-state index in [9.17, 15) is 4.79 Å². The first kappa shape index (κ1) is 14.2.